The van der Waals surface area contributed by atoms with E-state index >= 15 is 0 Å². The molecular weight excluding hydrogens is 673 g/mol. The maximum Gasteiger partial charge on any atom is 0.405 e. The second kappa shape index (κ2) is 13.3. The van der Waals surface area contributed by atoms with E-state index in [1.54, 1.807) is 25.1 Å². The van der Waals surface area contributed by atoms with Gasteiger partial charge in [-0.25, -0.2) is 27.3 Å². The van der Waals surface area contributed by atoms with E-state index in [4.69, 9.17) is 9.47 Å². The normalized spacial score (nSPS) is 31.6. The van der Waals surface area contributed by atoms with Crippen LogP contribution in [0.2, 0.25) is 0 Å². The Hall–Kier alpha value is -4.47. The smallest absolute Gasteiger partial charge is 0.405 e. The van der Waals surface area contributed by atoms with Crippen molar-refractivity contribution >= 4 is 44.6 Å². The molecule has 0 radical (unpaired) electrons. The molecule has 2 aliphatic heterocycles. The number of carbonyl (C=O) groups is 4. The Morgan fingerprint density at radius 2 is 1.86 bits per heavy atom. The van der Waals surface area contributed by atoms with E-state index in [9.17, 15) is 37.1 Å². The van der Waals surface area contributed by atoms with Gasteiger partial charge in [-0.15, -0.1) is 0 Å². The molecule has 1 saturated heterocycles. The Morgan fingerprint density at radius 1 is 1.14 bits per heavy atom. The highest BCUT2D eigenvalue weighted by molar-refractivity contribution is 7.91. The second-order valence-corrected chi connectivity index (χ2v) is 15.9. The Kier molecular flexibility index (Phi) is 9.43. The van der Waals surface area contributed by atoms with Crippen molar-refractivity contribution in [3.05, 3.63) is 42.6 Å². The van der Waals surface area contributed by atoms with Crippen molar-refractivity contribution in [1.29, 1.82) is 0 Å². The molecule has 16 heteroatoms. The molecule has 270 valence electrons. The van der Waals surface area contributed by atoms with Gasteiger partial charge in [0, 0.05) is 36.0 Å². The summed E-state index contributed by atoms with van der Waals surface area (Å²) < 4.78 is 53.7. The van der Waals surface area contributed by atoms with Gasteiger partial charge in [0.25, 0.3) is 15.9 Å². The van der Waals surface area contributed by atoms with Crippen molar-refractivity contribution in [1.82, 2.24) is 25.2 Å². The first-order chi connectivity index (χ1) is 23.7. The van der Waals surface area contributed by atoms with Crippen LogP contribution in [0.1, 0.15) is 58.8 Å². The molecule has 1 aromatic carbocycles. The Balaban J connectivity index is 1.34. The van der Waals surface area contributed by atoms with E-state index in [0.717, 1.165) is 5.39 Å². The minimum Gasteiger partial charge on any atom is -0.494 e. The van der Waals surface area contributed by atoms with Gasteiger partial charge in [0.1, 0.15) is 29.5 Å². The van der Waals surface area contributed by atoms with Gasteiger partial charge in [-0.1, -0.05) is 44.2 Å². The summed E-state index contributed by atoms with van der Waals surface area (Å²) in [6.07, 6.45) is 4.27. The third-order valence-electron chi connectivity index (χ3n) is 10.3. The molecule has 2 aromatic rings. The van der Waals surface area contributed by atoms with Crippen LogP contribution in [0.15, 0.2) is 42.6 Å². The lowest BCUT2D eigenvalue weighted by molar-refractivity contribution is -0.142. The number of carbonyl (C=O) groups excluding carboxylic acids is 3. The highest BCUT2D eigenvalue weighted by Crippen LogP contribution is 2.48. The van der Waals surface area contributed by atoms with Crippen LogP contribution in [0.25, 0.3) is 10.8 Å². The number of ether oxygens (including phenoxy) is 2. The summed E-state index contributed by atoms with van der Waals surface area (Å²) in [4.78, 5) is 59.7. The molecule has 1 aromatic heterocycles. The number of methoxy groups -OCH3 is 1. The number of carboxylic acid groups (broad SMARTS) is 1. The zero-order valence-electron chi connectivity index (χ0n) is 28.1. The van der Waals surface area contributed by atoms with E-state index in [1.807, 2.05) is 29.9 Å². The number of pyridine rings is 1. The fourth-order valence-corrected chi connectivity index (χ4v) is 8.42. The van der Waals surface area contributed by atoms with Crippen LogP contribution in [0.5, 0.6) is 11.6 Å². The number of alkyl halides is 1. The number of benzene rings is 1. The molecular formula is C34H42FN5O9S. The summed E-state index contributed by atoms with van der Waals surface area (Å²) in [5.74, 6) is -2.63. The second-order valence-electron chi connectivity index (χ2n) is 14.0. The summed E-state index contributed by atoms with van der Waals surface area (Å²) in [5, 5.41) is 13.6. The van der Waals surface area contributed by atoms with E-state index in [0.29, 0.717) is 30.4 Å². The number of fused-ring (bicyclic) bond motifs is 3. The molecule has 2 aliphatic carbocycles. The molecule has 1 unspecified atom stereocenters. The lowest BCUT2D eigenvalue weighted by Crippen LogP contribution is -2.59. The van der Waals surface area contributed by atoms with E-state index in [1.165, 1.54) is 18.2 Å². The fraction of sp³-hybridized carbons (Fsp3) is 0.559. The SMILES string of the molecule is COc1cnc(O[C@@H]2C[C@H]3C(=O)N[C@]4(C(=O)NS(=O)(=O)C5(F)CC5)C[C@H]4/C=C\CCC(C)C[C@@H](C)[C@H](NC(=O)O)C(=O)N3C2)c2ccccc12. The number of sulfonamides is 1. The van der Waals surface area contributed by atoms with E-state index in [-0.39, 0.29) is 44.0 Å². The van der Waals surface area contributed by atoms with E-state index in [2.05, 4.69) is 15.6 Å². The van der Waals surface area contributed by atoms with Crippen LogP contribution in [0, 0.1) is 17.8 Å². The maximum atomic E-state index is 14.7. The summed E-state index contributed by atoms with van der Waals surface area (Å²) in [7, 11) is -3.14. The highest BCUT2D eigenvalue weighted by Gasteiger charge is 2.64. The van der Waals surface area contributed by atoms with Gasteiger partial charge in [0.2, 0.25) is 22.7 Å². The topological polar surface area (TPSA) is 193 Å². The van der Waals surface area contributed by atoms with Crippen LogP contribution in [-0.2, 0) is 24.4 Å². The molecule has 4 aliphatic rings. The van der Waals surface area contributed by atoms with Gasteiger partial charge in [0.15, 0.2) is 0 Å². The first-order valence-electron chi connectivity index (χ1n) is 16.8. The van der Waals surface area contributed by atoms with Crippen molar-refractivity contribution in [2.24, 2.45) is 17.8 Å². The average molecular weight is 716 g/mol. The molecule has 0 spiro atoms. The molecule has 0 bridgehead atoms. The van der Waals surface area contributed by atoms with Crippen molar-refractivity contribution in [3.63, 3.8) is 0 Å². The average Bonchev–Trinajstić information content (AvgIpc) is 3.95. The van der Waals surface area contributed by atoms with Crippen molar-refractivity contribution in [3.8, 4) is 11.6 Å². The number of rotatable bonds is 7. The molecule has 14 nitrogen and oxygen atoms in total. The number of hydrogen-bond acceptors (Lipinski definition) is 9. The lowest BCUT2D eigenvalue weighted by Gasteiger charge is -2.32. The van der Waals surface area contributed by atoms with Gasteiger partial charge >= 0.3 is 6.09 Å². The summed E-state index contributed by atoms with van der Waals surface area (Å²) in [5.41, 5.74) is -1.70. The number of aromatic nitrogens is 1. The predicted molar refractivity (Wildman–Crippen MR) is 178 cm³/mol. The molecule has 7 atom stereocenters. The quantitative estimate of drug-likeness (QED) is 0.310. The Labute approximate surface area is 289 Å². The fourth-order valence-electron chi connectivity index (χ4n) is 7.18. The number of nitrogens with zero attached hydrogens (tertiary/aromatic N) is 2. The third kappa shape index (κ3) is 6.81. The predicted octanol–water partition coefficient (Wildman–Crippen LogP) is 3.02. The number of halogens is 1. The summed E-state index contributed by atoms with van der Waals surface area (Å²) >= 11 is 0. The van der Waals surface area contributed by atoms with Gasteiger partial charge in [-0.05, 0) is 43.6 Å². The molecule has 4 amide bonds. The standard InChI is InChI=1S/C34H42FN5O9S/c1-19-8-4-5-9-21-16-34(21,31(43)39-50(46,47)33(35)12-13-33)38-28(41)25-15-22(18-40(25)30(42)27(20(2)14-19)37-32(44)45)49-29-24-11-7-6-10-23(24)26(48-3)17-36-29/h5-7,9-11,17,19-22,25,27,37H,4,8,12-16,18H2,1-3H3,(H,38,41)(H,39,43)(H,44,45)/b9-5-/t19?,20-,21-,22-,25+,27+,34-/m1/s1. The number of hydrogen-bond donors (Lipinski definition) is 4. The van der Waals surface area contributed by atoms with Crippen molar-refractivity contribution in [2.75, 3.05) is 13.7 Å². The molecule has 50 heavy (non-hydrogen) atoms. The Morgan fingerprint density at radius 3 is 2.54 bits per heavy atom. The monoisotopic (exact) mass is 715 g/mol. The largest absolute Gasteiger partial charge is 0.494 e. The molecule has 3 fully saturated rings. The zero-order chi connectivity index (χ0) is 36.0. The van der Waals surface area contributed by atoms with Crippen molar-refractivity contribution in [2.45, 2.75) is 87.5 Å². The van der Waals surface area contributed by atoms with Gasteiger partial charge in [-0.2, -0.15) is 0 Å². The number of amides is 4. The van der Waals surface area contributed by atoms with Gasteiger partial charge < -0.3 is 30.1 Å². The third-order valence-corrected chi connectivity index (χ3v) is 12.1. The number of nitrogens with one attached hydrogen (secondary N) is 3. The summed E-state index contributed by atoms with van der Waals surface area (Å²) in [6.45, 7) is 3.66. The molecule has 2 saturated carbocycles. The van der Waals surface area contributed by atoms with Crippen LogP contribution >= 0.6 is 0 Å². The first kappa shape index (κ1) is 35.4. The molecule has 6 rings (SSSR count). The van der Waals surface area contributed by atoms with Crippen LogP contribution in [0.3, 0.4) is 0 Å². The molecule has 3 heterocycles. The van der Waals surface area contributed by atoms with E-state index < -0.39 is 74.4 Å². The van der Waals surface area contributed by atoms with Gasteiger partial charge in [0.05, 0.1) is 19.9 Å². The maximum absolute atomic E-state index is 14.7. The highest BCUT2D eigenvalue weighted by atomic mass is 32.2. The van der Waals surface area contributed by atoms with Crippen LogP contribution in [-0.4, -0.2) is 89.6 Å². The number of allylic oxidation sites excluding steroid dienone is 1. The van der Waals surface area contributed by atoms with Gasteiger partial charge in [-0.3, -0.25) is 14.4 Å². The summed E-state index contributed by atoms with van der Waals surface area (Å²) in [6, 6.07) is 4.84. The molecule has 4 N–H and O–H groups in total. The van der Waals surface area contributed by atoms with Crippen LogP contribution in [0.4, 0.5) is 9.18 Å². The van der Waals surface area contributed by atoms with Crippen LogP contribution < -0.4 is 24.8 Å². The zero-order valence-corrected chi connectivity index (χ0v) is 28.9. The first-order valence-corrected chi connectivity index (χ1v) is 18.3. The lowest BCUT2D eigenvalue weighted by atomic mass is 9.88. The Bertz CT molecular complexity index is 1840. The minimum absolute atomic E-state index is 0.0473. The minimum atomic E-state index is -4.66. The van der Waals surface area contributed by atoms with Crippen molar-refractivity contribution < 1.29 is 46.6 Å².